The van der Waals surface area contributed by atoms with Gasteiger partial charge in [0.1, 0.15) is 11.5 Å². The van der Waals surface area contributed by atoms with E-state index in [1.165, 1.54) is 0 Å². The number of nitro groups is 1. The second kappa shape index (κ2) is 5.75. The first-order valence-electron chi connectivity index (χ1n) is 6.79. The largest absolute Gasteiger partial charge is 0.394 e. The maximum atomic E-state index is 13.3. The molecule has 2 N–H and O–H groups in total. The van der Waals surface area contributed by atoms with Gasteiger partial charge in [-0.25, -0.2) is 4.39 Å². The molecule has 5 nitrogen and oxygen atoms in total. The summed E-state index contributed by atoms with van der Waals surface area (Å²) in [4.78, 5) is 10.5. The van der Waals surface area contributed by atoms with E-state index in [2.05, 4.69) is 12.2 Å². The van der Waals surface area contributed by atoms with Crippen LogP contribution >= 0.6 is 0 Å². The fourth-order valence-corrected chi connectivity index (χ4v) is 2.69. The molecular formula is C14H19FN2O3. The van der Waals surface area contributed by atoms with Crippen molar-refractivity contribution in [3.8, 4) is 0 Å². The molecular weight excluding hydrogens is 263 g/mol. The lowest BCUT2D eigenvalue weighted by molar-refractivity contribution is -0.384. The van der Waals surface area contributed by atoms with E-state index in [4.69, 9.17) is 0 Å². The predicted molar refractivity (Wildman–Crippen MR) is 74.1 cm³/mol. The summed E-state index contributed by atoms with van der Waals surface area (Å²) >= 11 is 0. The molecule has 0 amide bonds. The lowest BCUT2D eigenvalue weighted by Gasteiger charge is -2.39. The van der Waals surface area contributed by atoms with Gasteiger partial charge in [-0.15, -0.1) is 0 Å². The monoisotopic (exact) mass is 282 g/mol. The Labute approximate surface area is 117 Å². The minimum absolute atomic E-state index is 0.118. The van der Waals surface area contributed by atoms with Crippen molar-refractivity contribution in [3.63, 3.8) is 0 Å². The van der Waals surface area contributed by atoms with Crippen molar-refractivity contribution in [3.05, 3.63) is 34.1 Å². The Morgan fingerprint density at radius 3 is 2.70 bits per heavy atom. The van der Waals surface area contributed by atoms with Gasteiger partial charge in [-0.3, -0.25) is 10.1 Å². The van der Waals surface area contributed by atoms with Crippen LogP contribution in [0.5, 0.6) is 0 Å². The van der Waals surface area contributed by atoms with E-state index < -0.39 is 16.3 Å². The first kappa shape index (κ1) is 14.7. The minimum atomic E-state index is -0.592. The molecule has 1 fully saturated rings. The molecule has 6 heteroatoms. The van der Waals surface area contributed by atoms with Gasteiger partial charge in [0.25, 0.3) is 5.69 Å². The molecule has 0 heterocycles. The number of hydrogen-bond donors (Lipinski definition) is 2. The summed E-state index contributed by atoms with van der Waals surface area (Å²) in [5.41, 5.74) is -0.623. The van der Waals surface area contributed by atoms with Gasteiger partial charge in [-0.1, -0.05) is 6.92 Å². The van der Waals surface area contributed by atoms with Crippen molar-refractivity contribution >= 4 is 11.4 Å². The number of nitrogens with zero attached hydrogens (tertiary/aromatic N) is 1. The Hall–Kier alpha value is -1.69. The third-order valence-electron chi connectivity index (χ3n) is 4.09. The standard InChI is InChI=1S/C14H19FN2O3/c1-10-4-6-14(9-18,7-5-10)16-12-8-11(15)2-3-13(12)17(19)20/h2-3,8,10,16,18H,4-7,9H2,1H3. The number of anilines is 1. The highest BCUT2D eigenvalue weighted by atomic mass is 19.1. The Balaban J connectivity index is 2.27. The summed E-state index contributed by atoms with van der Waals surface area (Å²) in [7, 11) is 0. The first-order valence-corrected chi connectivity index (χ1v) is 6.79. The topological polar surface area (TPSA) is 75.4 Å². The van der Waals surface area contributed by atoms with Gasteiger partial charge in [-0.2, -0.15) is 0 Å². The number of benzene rings is 1. The summed E-state index contributed by atoms with van der Waals surface area (Å²) in [6.07, 6.45) is 3.32. The van der Waals surface area contributed by atoms with Crippen molar-refractivity contribution < 1.29 is 14.4 Å². The van der Waals surface area contributed by atoms with Crippen molar-refractivity contribution in [2.45, 2.75) is 38.1 Å². The quantitative estimate of drug-likeness (QED) is 0.657. The van der Waals surface area contributed by atoms with Crippen LogP contribution in [0, 0.1) is 21.8 Å². The number of rotatable bonds is 4. The second-order valence-corrected chi connectivity index (χ2v) is 5.66. The molecule has 0 aliphatic heterocycles. The number of aliphatic hydroxyl groups is 1. The molecule has 0 saturated heterocycles. The molecule has 0 radical (unpaired) electrons. The van der Waals surface area contributed by atoms with Crippen LogP contribution in [0.25, 0.3) is 0 Å². The number of aliphatic hydroxyl groups excluding tert-OH is 1. The summed E-state index contributed by atoms with van der Waals surface area (Å²) in [6, 6.07) is 3.33. The van der Waals surface area contributed by atoms with Crippen molar-refractivity contribution in [2.24, 2.45) is 5.92 Å². The molecule has 110 valence electrons. The van der Waals surface area contributed by atoms with Crippen LogP contribution in [0.4, 0.5) is 15.8 Å². The Morgan fingerprint density at radius 2 is 2.15 bits per heavy atom. The molecule has 0 atom stereocenters. The van der Waals surface area contributed by atoms with E-state index in [1.54, 1.807) is 0 Å². The van der Waals surface area contributed by atoms with E-state index >= 15 is 0 Å². The van der Waals surface area contributed by atoms with Gasteiger partial charge >= 0.3 is 0 Å². The van der Waals surface area contributed by atoms with E-state index in [0.717, 1.165) is 43.9 Å². The smallest absolute Gasteiger partial charge is 0.292 e. The van der Waals surface area contributed by atoms with E-state index in [9.17, 15) is 19.6 Å². The normalized spacial score (nSPS) is 26.2. The molecule has 2 rings (SSSR count). The van der Waals surface area contributed by atoms with Gasteiger partial charge in [0.15, 0.2) is 0 Å². The van der Waals surface area contributed by atoms with Crippen LogP contribution in [0.1, 0.15) is 32.6 Å². The number of halogens is 1. The average molecular weight is 282 g/mol. The van der Waals surface area contributed by atoms with Gasteiger partial charge < -0.3 is 10.4 Å². The maximum Gasteiger partial charge on any atom is 0.292 e. The molecule has 1 aliphatic rings. The minimum Gasteiger partial charge on any atom is -0.394 e. The lowest BCUT2D eigenvalue weighted by Crippen LogP contribution is -2.45. The molecule has 1 aliphatic carbocycles. The van der Waals surface area contributed by atoms with Gasteiger partial charge in [0, 0.05) is 12.1 Å². The van der Waals surface area contributed by atoms with Crippen LogP contribution < -0.4 is 5.32 Å². The predicted octanol–water partition coefficient (Wildman–Crippen LogP) is 3.09. The van der Waals surface area contributed by atoms with Crippen LogP contribution in [0.15, 0.2) is 18.2 Å². The van der Waals surface area contributed by atoms with E-state index in [1.807, 2.05) is 0 Å². The van der Waals surface area contributed by atoms with Crippen molar-refractivity contribution in [1.29, 1.82) is 0 Å². The van der Waals surface area contributed by atoms with Crippen LogP contribution in [0.2, 0.25) is 0 Å². The van der Waals surface area contributed by atoms with Gasteiger partial charge in [0.2, 0.25) is 0 Å². The zero-order chi connectivity index (χ0) is 14.8. The number of hydrogen-bond acceptors (Lipinski definition) is 4. The summed E-state index contributed by atoms with van der Waals surface area (Å²) in [5, 5.41) is 23.7. The molecule has 1 aromatic carbocycles. The highest BCUT2D eigenvalue weighted by Gasteiger charge is 2.35. The zero-order valence-electron chi connectivity index (χ0n) is 11.4. The average Bonchev–Trinajstić information content (AvgIpc) is 2.41. The van der Waals surface area contributed by atoms with Gasteiger partial charge in [-0.05, 0) is 37.7 Å². The van der Waals surface area contributed by atoms with Crippen LogP contribution in [0.3, 0.4) is 0 Å². The number of nitro benzene ring substituents is 1. The molecule has 0 spiro atoms. The van der Waals surface area contributed by atoms with Crippen LogP contribution in [-0.4, -0.2) is 22.2 Å². The third-order valence-corrected chi connectivity index (χ3v) is 4.09. The third kappa shape index (κ3) is 3.07. The molecule has 0 bridgehead atoms. The van der Waals surface area contributed by atoms with E-state index in [-0.39, 0.29) is 18.0 Å². The molecule has 0 aromatic heterocycles. The maximum absolute atomic E-state index is 13.3. The number of nitrogens with one attached hydrogen (secondary N) is 1. The summed E-state index contributed by atoms with van der Waals surface area (Å²) in [5.74, 6) is 0.0503. The lowest BCUT2D eigenvalue weighted by atomic mass is 9.77. The summed E-state index contributed by atoms with van der Waals surface area (Å²) in [6.45, 7) is 2.03. The van der Waals surface area contributed by atoms with E-state index in [0.29, 0.717) is 5.92 Å². The zero-order valence-corrected chi connectivity index (χ0v) is 11.4. The Bertz CT molecular complexity index is 499. The van der Waals surface area contributed by atoms with Crippen molar-refractivity contribution in [2.75, 3.05) is 11.9 Å². The highest BCUT2D eigenvalue weighted by Crippen LogP contribution is 2.36. The molecule has 1 aromatic rings. The molecule has 1 saturated carbocycles. The first-order chi connectivity index (χ1) is 9.46. The Morgan fingerprint density at radius 1 is 1.50 bits per heavy atom. The van der Waals surface area contributed by atoms with Crippen molar-refractivity contribution in [1.82, 2.24) is 0 Å². The van der Waals surface area contributed by atoms with Crippen LogP contribution in [-0.2, 0) is 0 Å². The fraction of sp³-hybridized carbons (Fsp3) is 0.571. The SMILES string of the molecule is CC1CCC(CO)(Nc2cc(F)ccc2[N+](=O)[O-])CC1. The second-order valence-electron chi connectivity index (χ2n) is 5.66. The molecule has 0 unspecified atom stereocenters. The van der Waals surface area contributed by atoms with Gasteiger partial charge in [0.05, 0.1) is 17.1 Å². The highest BCUT2D eigenvalue weighted by molar-refractivity contribution is 5.62. The summed E-state index contributed by atoms with van der Waals surface area (Å²) < 4.78 is 13.3. The Kier molecular flexibility index (Phi) is 4.23. The fourth-order valence-electron chi connectivity index (χ4n) is 2.69. The molecule has 20 heavy (non-hydrogen) atoms.